The van der Waals surface area contributed by atoms with E-state index in [0.29, 0.717) is 42.8 Å². The number of nitrogens with one attached hydrogen (secondary N) is 1. The number of benzene rings is 1. The summed E-state index contributed by atoms with van der Waals surface area (Å²) >= 11 is 1.28. The molecule has 1 aromatic heterocycles. The Morgan fingerprint density at radius 2 is 1.93 bits per heavy atom. The maximum absolute atomic E-state index is 13.9. The SMILES string of the molecule is CCCS(=O)(=O)NC1CCN(C(=O)c2ccc(-c3ccccc3F)s2)CC1. The van der Waals surface area contributed by atoms with Gasteiger partial charge in [0.25, 0.3) is 5.91 Å². The second-order valence-corrected chi connectivity index (χ2v) is 9.60. The van der Waals surface area contributed by atoms with Crippen LogP contribution in [0.1, 0.15) is 35.9 Å². The van der Waals surface area contributed by atoms with Crippen molar-refractivity contribution in [2.45, 2.75) is 32.2 Å². The van der Waals surface area contributed by atoms with Gasteiger partial charge in [0.05, 0.1) is 10.6 Å². The molecule has 3 rings (SSSR count). The molecule has 2 heterocycles. The third-order valence-corrected chi connectivity index (χ3v) is 7.30. The van der Waals surface area contributed by atoms with E-state index >= 15 is 0 Å². The summed E-state index contributed by atoms with van der Waals surface area (Å²) in [6.07, 6.45) is 1.77. The van der Waals surface area contributed by atoms with E-state index in [4.69, 9.17) is 0 Å². The quantitative estimate of drug-likeness (QED) is 0.793. The summed E-state index contributed by atoms with van der Waals surface area (Å²) in [6.45, 7) is 2.84. The molecule has 27 heavy (non-hydrogen) atoms. The highest BCUT2D eigenvalue weighted by molar-refractivity contribution is 7.89. The first-order valence-electron chi connectivity index (χ1n) is 9.03. The van der Waals surface area contributed by atoms with Crippen molar-refractivity contribution in [3.8, 4) is 10.4 Å². The number of piperidine rings is 1. The van der Waals surface area contributed by atoms with Crippen LogP contribution in [-0.4, -0.2) is 44.1 Å². The van der Waals surface area contributed by atoms with E-state index in [9.17, 15) is 17.6 Å². The Kier molecular flexibility index (Phi) is 6.29. The van der Waals surface area contributed by atoms with Gasteiger partial charge in [0.1, 0.15) is 5.82 Å². The number of carbonyl (C=O) groups is 1. The molecule has 146 valence electrons. The smallest absolute Gasteiger partial charge is 0.263 e. The monoisotopic (exact) mass is 410 g/mol. The van der Waals surface area contributed by atoms with E-state index in [2.05, 4.69) is 4.72 Å². The predicted molar refractivity (Wildman–Crippen MR) is 106 cm³/mol. The minimum Gasteiger partial charge on any atom is -0.338 e. The number of hydrogen-bond acceptors (Lipinski definition) is 4. The first-order valence-corrected chi connectivity index (χ1v) is 11.5. The zero-order chi connectivity index (χ0) is 19.4. The molecule has 1 aliphatic rings. The molecule has 2 aromatic rings. The molecule has 0 atom stereocenters. The fraction of sp³-hybridized carbons (Fsp3) is 0.421. The fourth-order valence-electron chi connectivity index (χ4n) is 3.20. The van der Waals surface area contributed by atoms with E-state index < -0.39 is 10.0 Å². The minimum atomic E-state index is -3.24. The van der Waals surface area contributed by atoms with Gasteiger partial charge in [-0.1, -0.05) is 25.1 Å². The number of hydrogen-bond donors (Lipinski definition) is 1. The molecule has 0 spiro atoms. The Hall–Kier alpha value is -1.77. The number of carbonyl (C=O) groups excluding carboxylic acids is 1. The number of amides is 1. The molecule has 0 radical (unpaired) electrons. The van der Waals surface area contributed by atoms with Crippen molar-refractivity contribution in [2.75, 3.05) is 18.8 Å². The van der Waals surface area contributed by atoms with Gasteiger partial charge in [-0.25, -0.2) is 17.5 Å². The van der Waals surface area contributed by atoms with E-state index in [0.717, 1.165) is 4.88 Å². The minimum absolute atomic E-state index is 0.0857. The van der Waals surface area contributed by atoms with E-state index in [1.165, 1.54) is 17.4 Å². The zero-order valence-corrected chi connectivity index (χ0v) is 16.8. The maximum atomic E-state index is 13.9. The fourth-order valence-corrected chi connectivity index (χ4v) is 5.60. The molecule has 1 fully saturated rings. The molecule has 0 unspecified atom stereocenters. The van der Waals surface area contributed by atoms with Crippen molar-refractivity contribution in [1.29, 1.82) is 0 Å². The van der Waals surface area contributed by atoms with Crippen molar-refractivity contribution < 1.29 is 17.6 Å². The molecule has 8 heteroatoms. The van der Waals surface area contributed by atoms with Crippen LogP contribution in [0.2, 0.25) is 0 Å². The molecule has 0 bridgehead atoms. The Morgan fingerprint density at radius 1 is 1.22 bits per heavy atom. The van der Waals surface area contributed by atoms with Crippen LogP contribution < -0.4 is 4.72 Å². The molecule has 0 aliphatic carbocycles. The van der Waals surface area contributed by atoms with Gasteiger partial charge < -0.3 is 4.90 Å². The zero-order valence-electron chi connectivity index (χ0n) is 15.2. The van der Waals surface area contributed by atoms with Gasteiger partial charge in [-0.15, -0.1) is 11.3 Å². The van der Waals surface area contributed by atoms with Crippen molar-refractivity contribution in [1.82, 2.24) is 9.62 Å². The Balaban J connectivity index is 1.61. The first-order chi connectivity index (χ1) is 12.9. The van der Waals surface area contributed by atoms with Gasteiger partial charge in [-0.3, -0.25) is 4.79 Å². The van der Waals surface area contributed by atoms with Gasteiger partial charge in [0.15, 0.2) is 0 Å². The maximum Gasteiger partial charge on any atom is 0.263 e. The Morgan fingerprint density at radius 3 is 2.59 bits per heavy atom. The van der Waals surface area contributed by atoms with Crippen LogP contribution in [0, 0.1) is 5.82 Å². The first kappa shape index (κ1) is 20.0. The molecule has 1 N–H and O–H groups in total. The number of likely N-dealkylation sites (tertiary alicyclic amines) is 1. The highest BCUT2D eigenvalue weighted by Gasteiger charge is 2.27. The average molecular weight is 411 g/mol. The number of thiophene rings is 1. The Labute approximate surface area is 163 Å². The normalized spacial score (nSPS) is 15.9. The highest BCUT2D eigenvalue weighted by Crippen LogP contribution is 2.31. The predicted octanol–water partition coefficient (Wildman–Crippen LogP) is 3.49. The molecule has 1 amide bonds. The number of rotatable bonds is 6. The highest BCUT2D eigenvalue weighted by atomic mass is 32.2. The van der Waals surface area contributed by atoms with Crippen molar-refractivity contribution in [3.63, 3.8) is 0 Å². The molecule has 1 saturated heterocycles. The van der Waals surface area contributed by atoms with E-state index in [-0.39, 0.29) is 23.5 Å². The van der Waals surface area contributed by atoms with Gasteiger partial charge in [-0.05, 0) is 37.5 Å². The van der Waals surface area contributed by atoms with Crippen molar-refractivity contribution in [2.24, 2.45) is 0 Å². The van der Waals surface area contributed by atoms with Crippen LogP contribution in [0.25, 0.3) is 10.4 Å². The number of halogens is 1. The summed E-state index contributed by atoms with van der Waals surface area (Å²) in [4.78, 5) is 15.8. The van der Waals surface area contributed by atoms with Crippen LogP contribution in [0.3, 0.4) is 0 Å². The van der Waals surface area contributed by atoms with Gasteiger partial charge in [0.2, 0.25) is 10.0 Å². The number of sulfonamides is 1. The summed E-state index contributed by atoms with van der Waals surface area (Å²) in [5, 5.41) is 0. The van der Waals surface area contributed by atoms with Crippen LogP contribution >= 0.6 is 11.3 Å². The van der Waals surface area contributed by atoms with Crippen LogP contribution in [0.15, 0.2) is 36.4 Å². The summed E-state index contributed by atoms with van der Waals surface area (Å²) in [5.41, 5.74) is 0.491. The standard InChI is InChI=1S/C19H23FN2O3S2/c1-2-13-27(24,25)21-14-9-11-22(12-10-14)19(23)18-8-7-17(26-18)15-5-3-4-6-16(15)20/h3-8,14,21H,2,9-13H2,1H3. The average Bonchev–Trinajstić information content (AvgIpc) is 3.11. The summed E-state index contributed by atoms with van der Waals surface area (Å²) in [5.74, 6) is -0.267. The Bertz CT molecular complexity index is 903. The topological polar surface area (TPSA) is 66.5 Å². The lowest BCUT2D eigenvalue weighted by atomic mass is 10.1. The lowest BCUT2D eigenvalue weighted by Crippen LogP contribution is -2.46. The molecular weight excluding hydrogens is 387 g/mol. The van der Waals surface area contributed by atoms with Gasteiger partial charge in [-0.2, -0.15) is 0 Å². The van der Waals surface area contributed by atoms with Crippen LogP contribution in [0.4, 0.5) is 4.39 Å². The molecule has 1 aliphatic heterocycles. The second kappa shape index (κ2) is 8.50. The summed E-state index contributed by atoms with van der Waals surface area (Å²) < 4.78 is 40.4. The molecular formula is C19H23FN2O3S2. The lowest BCUT2D eigenvalue weighted by molar-refractivity contribution is 0.0716. The largest absolute Gasteiger partial charge is 0.338 e. The van der Waals surface area contributed by atoms with Crippen LogP contribution in [0.5, 0.6) is 0 Å². The van der Waals surface area contributed by atoms with Crippen molar-refractivity contribution in [3.05, 3.63) is 47.1 Å². The summed E-state index contributed by atoms with van der Waals surface area (Å²) in [6, 6.07) is 9.88. The van der Waals surface area contributed by atoms with E-state index in [1.54, 1.807) is 35.2 Å². The third kappa shape index (κ3) is 4.94. The number of nitrogens with zero attached hydrogens (tertiary/aromatic N) is 1. The summed E-state index contributed by atoms with van der Waals surface area (Å²) in [7, 11) is -3.24. The molecule has 0 saturated carbocycles. The molecule has 5 nitrogen and oxygen atoms in total. The second-order valence-electron chi connectivity index (χ2n) is 6.65. The lowest BCUT2D eigenvalue weighted by Gasteiger charge is -2.32. The van der Waals surface area contributed by atoms with Gasteiger partial charge in [0, 0.05) is 29.6 Å². The molecule has 1 aromatic carbocycles. The van der Waals surface area contributed by atoms with Crippen molar-refractivity contribution >= 4 is 27.3 Å². The third-order valence-electron chi connectivity index (χ3n) is 4.56. The van der Waals surface area contributed by atoms with Crippen LogP contribution in [-0.2, 0) is 10.0 Å². The van der Waals surface area contributed by atoms with Gasteiger partial charge >= 0.3 is 0 Å². The van der Waals surface area contributed by atoms with E-state index in [1.807, 2.05) is 6.92 Å².